The van der Waals surface area contributed by atoms with Crippen molar-refractivity contribution in [2.75, 3.05) is 14.2 Å². The summed E-state index contributed by atoms with van der Waals surface area (Å²) >= 11 is 6.07. The first-order valence-corrected chi connectivity index (χ1v) is 7.03. The molecule has 0 aliphatic rings. The van der Waals surface area contributed by atoms with Gasteiger partial charge in [0.25, 0.3) is 0 Å². The van der Waals surface area contributed by atoms with Crippen LogP contribution in [0.2, 0.25) is 5.02 Å². The smallest absolute Gasteiger partial charge is 0.123 e. The molecule has 2 aromatic rings. The van der Waals surface area contributed by atoms with Crippen molar-refractivity contribution in [3.05, 3.63) is 64.2 Å². The van der Waals surface area contributed by atoms with Crippen LogP contribution in [0.3, 0.4) is 0 Å². The summed E-state index contributed by atoms with van der Waals surface area (Å²) in [6.07, 6.45) is 0. The van der Waals surface area contributed by atoms with E-state index in [1.54, 1.807) is 7.11 Å². The molecule has 106 valence electrons. The maximum absolute atomic E-state index is 6.07. The van der Waals surface area contributed by atoms with E-state index in [0.717, 1.165) is 29.4 Å². The summed E-state index contributed by atoms with van der Waals surface area (Å²) < 4.78 is 5.39. The van der Waals surface area contributed by atoms with Crippen LogP contribution in [0, 0.1) is 6.92 Å². The number of hydrogen-bond acceptors (Lipinski definition) is 2. The molecule has 0 aromatic heterocycles. The van der Waals surface area contributed by atoms with Crippen LogP contribution in [-0.4, -0.2) is 19.1 Å². The fourth-order valence-electron chi connectivity index (χ4n) is 2.30. The molecule has 0 saturated heterocycles. The number of benzene rings is 2. The van der Waals surface area contributed by atoms with Gasteiger partial charge in [0.05, 0.1) is 7.11 Å². The third-order valence-electron chi connectivity index (χ3n) is 3.38. The normalized spacial score (nSPS) is 10.8. The van der Waals surface area contributed by atoms with Gasteiger partial charge in [-0.15, -0.1) is 0 Å². The van der Waals surface area contributed by atoms with Crippen LogP contribution >= 0.6 is 11.6 Å². The molecule has 0 fully saturated rings. The van der Waals surface area contributed by atoms with E-state index < -0.39 is 0 Å². The van der Waals surface area contributed by atoms with Gasteiger partial charge in [0, 0.05) is 23.7 Å². The highest BCUT2D eigenvalue weighted by Gasteiger charge is 2.08. The minimum absolute atomic E-state index is 0.741. The van der Waals surface area contributed by atoms with Crippen molar-refractivity contribution in [3.63, 3.8) is 0 Å². The Kier molecular flexibility index (Phi) is 5.05. The first-order valence-electron chi connectivity index (χ1n) is 6.65. The zero-order valence-corrected chi connectivity index (χ0v) is 12.9. The molecule has 20 heavy (non-hydrogen) atoms. The molecule has 2 aromatic carbocycles. The van der Waals surface area contributed by atoms with Crippen molar-refractivity contribution in [2.45, 2.75) is 20.0 Å². The van der Waals surface area contributed by atoms with E-state index in [2.05, 4.69) is 43.1 Å². The van der Waals surface area contributed by atoms with E-state index in [4.69, 9.17) is 16.3 Å². The first kappa shape index (κ1) is 14.9. The Morgan fingerprint density at radius 1 is 1.05 bits per heavy atom. The third-order valence-corrected chi connectivity index (χ3v) is 3.62. The molecule has 0 aliphatic heterocycles. The summed E-state index contributed by atoms with van der Waals surface area (Å²) in [7, 11) is 3.79. The summed E-state index contributed by atoms with van der Waals surface area (Å²) in [6.45, 7) is 3.85. The van der Waals surface area contributed by atoms with Gasteiger partial charge in [-0.1, -0.05) is 35.9 Å². The van der Waals surface area contributed by atoms with Crippen molar-refractivity contribution in [1.29, 1.82) is 0 Å². The van der Waals surface area contributed by atoms with Crippen LogP contribution in [0.1, 0.15) is 16.7 Å². The van der Waals surface area contributed by atoms with Gasteiger partial charge < -0.3 is 4.74 Å². The lowest BCUT2D eigenvalue weighted by molar-refractivity contribution is 0.309. The second-order valence-corrected chi connectivity index (χ2v) is 5.49. The second kappa shape index (κ2) is 6.78. The van der Waals surface area contributed by atoms with Crippen molar-refractivity contribution in [2.24, 2.45) is 0 Å². The lowest BCUT2D eigenvalue weighted by Crippen LogP contribution is -2.18. The minimum atomic E-state index is 0.741. The molecule has 0 bridgehead atoms. The zero-order chi connectivity index (χ0) is 14.5. The predicted molar refractivity (Wildman–Crippen MR) is 84.4 cm³/mol. The summed E-state index contributed by atoms with van der Waals surface area (Å²) in [6, 6.07) is 14.2. The molecule has 3 heteroatoms. The Balaban J connectivity index is 2.10. The van der Waals surface area contributed by atoms with Crippen molar-refractivity contribution in [1.82, 2.24) is 4.90 Å². The number of ether oxygens (including phenoxy) is 1. The van der Waals surface area contributed by atoms with Crippen LogP contribution < -0.4 is 4.74 Å². The summed E-state index contributed by atoms with van der Waals surface area (Å²) in [4.78, 5) is 2.26. The Bertz CT molecular complexity index is 583. The van der Waals surface area contributed by atoms with Crippen LogP contribution in [0.4, 0.5) is 0 Å². The van der Waals surface area contributed by atoms with Gasteiger partial charge in [-0.25, -0.2) is 0 Å². The molecule has 0 radical (unpaired) electrons. The van der Waals surface area contributed by atoms with Crippen molar-refractivity contribution < 1.29 is 4.74 Å². The fraction of sp³-hybridized carbons (Fsp3) is 0.294. The lowest BCUT2D eigenvalue weighted by Gasteiger charge is -2.19. The molecule has 0 N–H and O–H groups in total. The molecule has 0 saturated carbocycles. The van der Waals surface area contributed by atoms with E-state index in [-0.39, 0.29) is 0 Å². The van der Waals surface area contributed by atoms with Gasteiger partial charge in [-0.2, -0.15) is 0 Å². The largest absolute Gasteiger partial charge is 0.496 e. The molecule has 0 heterocycles. The van der Waals surface area contributed by atoms with E-state index >= 15 is 0 Å². The first-order chi connectivity index (χ1) is 9.60. The highest BCUT2D eigenvalue weighted by atomic mass is 35.5. The van der Waals surface area contributed by atoms with Gasteiger partial charge >= 0.3 is 0 Å². The zero-order valence-electron chi connectivity index (χ0n) is 12.2. The Hall–Kier alpha value is -1.51. The molecular formula is C17H20ClNO. The molecule has 2 nitrogen and oxygen atoms in total. The van der Waals surface area contributed by atoms with Crippen molar-refractivity contribution in [3.8, 4) is 5.75 Å². The number of nitrogens with zero attached hydrogens (tertiary/aromatic N) is 1. The minimum Gasteiger partial charge on any atom is -0.496 e. The summed E-state index contributed by atoms with van der Waals surface area (Å²) in [5, 5.41) is 0.741. The number of hydrogen-bond donors (Lipinski definition) is 0. The predicted octanol–water partition coefficient (Wildman–Crippen LogP) is 4.29. The third kappa shape index (κ3) is 3.75. The molecule has 0 amide bonds. The Labute approximate surface area is 125 Å². The van der Waals surface area contributed by atoms with Gasteiger partial charge in [0.15, 0.2) is 0 Å². The number of methoxy groups -OCH3 is 1. The van der Waals surface area contributed by atoms with Gasteiger partial charge in [0.2, 0.25) is 0 Å². The molecule has 0 unspecified atom stereocenters. The number of aryl methyl sites for hydroxylation is 1. The standard InChI is InChI=1S/C17H20ClNO/c1-13-6-4-5-7-14(13)11-19(2)12-15-10-16(18)8-9-17(15)20-3/h4-10H,11-12H2,1-3H3. The van der Waals surface area contributed by atoms with Gasteiger partial charge in [-0.3, -0.25) is 4.90 Å². The average Bonchev–Trinajstić information content (AvgIpc) is 2.41. The van der Waals surface area contributed by atoms with Crippen LogP contribution in [0.5, 0.6) is 5.75 Å². The van der Waals surface area contributed by atoms with Crippen LogP contribution in [0.15, 0.2) is 42.5 Å². The van der Waals surface area contributed by atoms with E-state index in [1.165, 1.54) is 11.1 Å². The molecule has 0 aliphatic carbocycles. The number of rotatable bonds is 5. The SMILES string of the molecule is COc1ccc(Cl)cc1CN(C)Cc1ccccc1C. The molecule has 0 atom stereocenters. The van der Waals surface area contributed by atoms with Gasteiger partial charge in [0.1, 0.15) is 5.75 Å². The Morgan fingerprint density at radius 3 is 2.45 bits per heavy atom. The average molecular weight is 290 g/mol. The van der Waals surface area contributed by atoms with E-state index in [0.29, 0.717) is 0 Å². The monoisotopic (exact) mass is 289 g/mol. The van der Waals surface area contributed by atoms with Crippen LogP contribution in [0.25, 0.3) is 0 Å². The quantitative estimate of drug-likeness (QED) is 0.814. The molecule has 0 spiro atoms. The highest BCUT2D eigenvalue weighted by molar-refractivity contribution is 6.30. The van der Waals surface area contributed by atoms with Crippen LogP contribution in [-0.2, 0) is 13.1 Å². The van der Waals surface area contributed by atoms with E-state index in [9.17, 15) is 0 Å². The van der Waals surface area contributed by atoms with E-state index in [1.807, 2.05) is 18.2 Å². The molecule has 2 rings (SSSR count). The topological polar surface area (TPSA) is 12.5 Å². The van der Waals surface area contributed by atoms with Gasteiger partial charge in [-0.05, 0) is 43.3 Å². The maximum atomic E-state index is 6.07. The maximum Gasteiger partial charge on any atom is 0.123 e. The summed E-state index contributed by atoms with van der Waals surface area (Å²) in [5.74, 6) is 0.881. The highest BCUT2D eigenvalue weighted by Crippen LogP contribution is 2.24. The summed E-state index contributed by atoms with van der Waals surface area (Å²) in [5.41, 5.74) is 3.77. The molecular weight excluding hydrogens is 270 g/mol. The Morgan fingerprint density at radius 2 is 1.75 bits per heavy atom. The second-order valence-electron chi connectivity index (χ2n) is 5.05. The lowest BCUT2D eigenvalue weighted by atomic mass is 10.1. The van der Waals surface area contributed by atoms with Crippen molar-refractivity contribution >= 4 is 11.6 Å². The fourth-order valence-corrected chi connectivity index (χ4v) is 2.49. The number of halogens is 1.